The van der Waals surface area contributed by atoms with Crippen molar-refractivity contribution >= 4 is 21.8 Å². The van der Waals surface area contributed by atoms with Gasteiger partial charge >= 0.3 is 0 Å². The number of nitrogens with one attached hydrogen (secondary N) is 1. The second-order valence-corrected chi connectivity index (χ2v) is 5.41. The number of halogens is 1. The van der Waals surface area contributed by atoms with Crippen LogP contribution < -0.4 is 5.32 Å². The molecular weight excluding hydrogens is 298 g/mol. The molecule has 0 saturated heterocycles. The number of ether oxygens (including phenoxy) is 1. The molecule has 0 aliphatic carbocycles. The summed E-state index contributed by atoms with van der Waals surface area (Å²) in [4.78, 5) is 11.5. The molecule has 0 radical (unpaired) electrons. The van der Waals surface area contributed by atoms with E-state index < -0.39 is 0 Å². The highest BCUT2D eigenvalue weighted by Gasteiger charge is 2.17. The van der Waals surface area contributed by atoms with E-state index in [-0.39, 0.29) is 10.7 Å². The summed E-state index contributed by atoms with van der Waals surface area (Å²) in [6.45, 7) is 5.73. The van der Waals surface area contributed by atoms with Crippen LogP contribution in [0, 0.1) is 5.92 Å². The molecule has 1 heterocycles. The van der Waals surface area contributed by atoms with E-state index in [0.717, 1.165) is 12.2 Å². The SMILES string of the molecule is CC(C)C(Br)C(=O)NCCCOCc1ccco1. The van der Waals surface area contributed by atoms with Crippen molar-refractivity contribution in [3.8, 4) is 0 Å². The van der Waals surface area contributed by atoms with E-state index in [1.807, 2.05) is 26.0 Å². The van der Waals surface area contributed by atoms with E-state index in [9.17, 15) is 4.79 Å². The van der Waals surface area contributed by atoms with Gasteiger partial charge < -0.3 is 14.5 Å². The van der Waals surface area contributed by atoms with Crippen LogP contribution in [0.2, 0.25) is 0 Å². The standard InChI is InChI=1S/C13H20BrNO3/c1-10(2)12(14)13(16)15-6-4-7-17-9-11-5-3-8-18-11/h3,5,8,10,12H,4,6-7,9H2,1-2H3,(H,15,16). The number of alkyl halides is 1. The van der Waals surface area contributed by atoms with Crippen molar-refractivity contribution in [3.05, 3.63) is 24.2 Å². The molecule has 1 N–H and O–H groups in total. The van der Waals surface area contributed by atoms with Gasteiger partial charge in [-0.1, -0.05) is 29.8 Å². The Labute approximate surface area is 116 Å². The smallest absolute Gasteiger partial charge is 0.234 e. The van der Waals surface area contributed by atoms with E-state index in [4.69, 9.17) is 9.15 Å². The average molecular weight is 318 g/mol. The monoisotopic (exact) mass is 317 g/mol. The van der Waals surface area contributed by atoms with Gasteiger partial charge in [0.05, 0.1) is 11.1 Å². The summed E-state index contributed by atoms with van der Waals surface area (Å²) in [6.07, 6.45) is 2.42. The highest BCUT2D eigenvalue weighted by Crippen LogP contribution is 2.11. The molecule has 1 atom stereocenters. The number of hydrogen-bond donors (Lipinski definition) is 1. The van der Waals surface area contributed by atoms with E-state index in [2.05, 4.69) is 21.2 Å². The van der Waals surface area contributed by atoms with Gasteiger partial charge in [-0.25, -0.2) is 0 Å². The van der Waals surface area contributed by atoms with Crippen LogP contribution in [-0.4, -0.2) is 23.9 Å². The van der Waals surface area contributed by atoms with Gasteiger partial charge in [-0.05, 0) is 24.5 Å². The van der Waals surface area contributed by atoms with E-state index in [1.165, 1.54) is 0 Å². The van der Waals surface area contributed by atoms with E-state index in [0.29, 0.717) is 25.7 Å². The zero-order valence-electron chi connectivity index (χ0n) is 10.8. The largest absolute Gasteiger partial charge is 0.467 e. The first kappa shape index (κ1) is 15.2. The van der Waals surface area contributed by atoms with Gasteiger partial charge in [0.1, 0.15) is 12.4 Å². The highest BCUT2D eigenvalue weighted by molar-refractivity contribution is 9.10. The maximum Gasteiger partial charge on any atom is 0.234 e. The molecule has 0 bridgehead atoms. The molecule has 4 nitrogen and oxygen atoms in total. The van der Waals surface area contributed by atoms with Crippen molar-refractivity contribution in [2.75, 3.05) is 13.2 Å². The molecule has 1 aromatic heterocycles. The maximum absolute atomic E-state index is 11.6. The van der Waals surface area contributed by atoms with Gasteiger partial charge in [-0.2, -0.15) is 0 Å². The Balaban J connectivity index is 2.00. The van der Waals surface area contributed by atoms with Crippen LogP contribution in [0.5, 0.6) is 0 Å². The summed E-state index contributed by atoms with van der Waals surface area (Å²) in [6, 6.07) is 3.71. The minimum Gasteiger partial charge on any atom is -0.467 e. The summed E-state index contributed by atoms with van der Waals surface area (Å²) < 4.78 is 10.5. The first-order valence-electron chi connectivity index (χ1n) is 6.13. The molecule has 1 aromatic rings. The Morgan fingerprint density at radius 1 is 1.56 bits per heavy atom. The van der Waals surface area contributed by atoms with Crippen LogP contribution >= 0.6 is 15.9 Å². The molecule has 102 valence electrons. The van der Waals surface area contributed by atoms with E-state index in [1.54, 1.807) is 6.26 Å². The molecule has 0 aliphatic heterocycles. The third kappa shape index (κ3) is 5.69. The molecule has 1 unspecified atom stereocenters. The maximum atomic E-state index is 11.6. The molecule has 0 aliphatic rings. The highest BCUT2D eigenvalue weighted by atomic mass is 79.9. The summed E-state index contributed by atoms with van der Waals surface area (Å²) in [5.41, 5.74) is 0. The number of carbonyl (C=O) groups is 1. The minimum atomic E-state index is -0.124. The quantitative estimate of drug-likeness (QED) is 0.592. The van der Waals surface area contributed by atoms with Crippen LogP contribution in [0.3, 0.4) is 0 Å². The Bertz CT molecular complexity index is 338. The summed E-state index contributed by atoms with van der Waals surface area (Å²) in [5, 5.41) is 2.87. The average Bonchev–Trinajstić information content (AvgIpc) is 2.85. The molecular formula is C13H20BrNO3. The predicted molar refractivity (Wildman–Crippen MR) is 73.5 cm³/mol. The van der Waals surface area contributed by atoms with Gasteiger partial charge in [0, 0.05) is 13.2 Å². The van der Waals surface area contributed by atoms with Crippen molar-refractivity contribution in [2.45, 2.75) is 31.7 Å². The first-order valence-corrected chi connectivity index (χ1v) is 7.04. The van der Waals surface area contributed by atoms with Crippen molar-refractivity contribution in [3.63, 3.8) is 0 Å². The van der Waals surface area contributed by atoms with Crippen LogP contribution in [-0.2, 0) is 16.1 Å². The number of amides is 1. The van der Waals surface area contributed by atoms with Crippen LogP contribution in [0.25, 0.3) is 0 Å². The fraction of sp³-hybridized carbons (Fsp3) is 0.615. The zero-order chi connectivity index (χ0) is 13.4. The van der Waals surface area contributed by atoms with Crippen molar-refractivity contribution in [1.82, 2.24) is 5.32 Å². The Morgan fingerprint density at radius 3 is 2.94 bits per heavy atom. The first-order chi connectivity index (χ1) is 8.61. The number of carbonyl (C=O) groups excluding carboxylic acids is 1. The summed E-state index contributed by atoms with van der Waals surface area (Å²) in [7, 11) is 0. The minimum absolute atomic E-state index is 0.0380. The lowest BCUT2D eigenvalue weighted by Gasteiger charge is -2.13. The molecule has 1 amide bonds. The van der Waals surface area contributed by atoms with Crippen molar-refractivity contribution < 1.29 is 13.9 Å². The summed E-state index contributed by atoms with van der Waals surface area (Å²) in [5.74, 6) is 1.15. The Morgan fingerprint density at radius 2 is 2.33 bits per heavy atom. The molecule has 18 heavy (non-hydrogen) atoms. The number of rotatable bonds is 8. The summed E-state index contributed by atoms with van der Waals surface area (Å²) >= 11 is 3.36. The lowest BCUT2D eigenvalue weighted by atomic mass is 10.1. The third-order valence-electron chi connectivity index (χ3n) is 2.42. The van der Waals surface area contributed by atoms with Crippen molar-refractivity contribution in [2.24, 2.45) is 5.92 Å². The van der Waals surface area contributed by atoms with Crippen LogP contribution in [0.15, 0.2) is 22.8 Å². The van der Waals surface area contributed by atoms with Gasteiger partial charge in [0.25, 0.3) is 0 Å². The molecule has 0 fully saturated rings. The van der Waals surface area contributed by atoms with Gasteiger partial charge in [0.2, 0.25) is 5.91 Å². The van der Waals surface area contributed by atoms with Gasteiger partial charge in [-0.15, -0.1) is 0 Å². The topological polar surface area (TPSA) is 51.5 Å². The third-order valence-corrected chi connectivity index (χ3v) is 3.90. The molecule has 5 heteroatoms. The Hall–Kier alpha value is -0.810. The fourth-order valence-electron chi connectivity index (χ4n) is 1.35. The van der Waals surface area contributed by atoms with Crippen LogP contribution in [0.4, 0.5) is 0 Å². The van der Waals surface area contributed by atoms with E-state index >= 15 is 0 Å². The lowest BCUT2D eigenvalue weighted by molar-refractivity contribution is -0.121. The van der Waals surface area contributed by atoms with Crippen LogP contribution in [0.1, 0.15) is 26.0 Å². The van der Waals surface area contributed by atoms with Gasteiger partial charge in [-0.3, -0.25) is 4.79 Å². The Kier molecular flexibility index (Phi) is 7.05. The predicted octanol–water partition coefficient (Wildman–Crippen LogP) is 2.72. The molecule has 0 spiro atoms. The normalized spacial score (nSPS) is 12.7. The molecule has 1 rings (SSSR count). The fourth-order valence-corrected chi connectivity index (χ4v) is 1.52. The lowest BCUT2D eigenvalue weighted by Crippen LogP contribution is -2.34. The zero-order valence-corrected chi connectivity index (χ0v) is 12.4. The number of hydrogen-bond acceptors (Lipinski definition) is 3. The molecule has 0 aromatic carbocycles. The second kappa shape index (κ2) is 8.32. The molecule has 0 saturated carbocycles. The van der Waals surface area contributed by atoms with Crippen molar-refractivity contribution in [1.29, 1.82) is 0 Å². The van der Waals surface area contributed by atoms with Gasteiger partial charge in [0.15, 0.2) is 0 Å². The number of furan rings is 1. The second-order valence-electron chi connectivity index (χ2n) is 4.42.